The SMILES string of the molecule is Cc1c(O[C@H](c2ccc(C(N)=O)cc2)c2cccc(F)c2)ccc2c1OCCC2=O. The molecule has 0 unspecified atom stereocenters. The van der Waals surface area contributed by atoms with Crippen LogP contribution in [0.3, 0.4) is 0 Å². The summed E-state index contributed by atoms with van der Waals surface area (Å²) in [5.74, 6) is 0.167. The number of nitrogens with two attached hydrogens (primary N) is 1. The molecule has 3 aromatic rings. The molecule has 0 aromatic heterocycles. The summed E-state index contributed by atoms with van der Waals surface area (Å²) in [6.45, 7) is 2.16. The molecule has 1 aliphatic rings. The monoisotopic (exact) mass is 405 g/mol. The number of primary amides is 1. The van der Waals surface area contributed by atoms with Gasteiger partial charge in [0.15, 0.2) is 5.78 Å². The highest BCUT2D eigenvalue weighted by Crippen LogP contribution is 2.38. The van der Waals surface area contributed by atoms with Crippen molar-refractivity contribution in [1.29, 1.82) is 0 Å². The highest BCUT2D eigenvalue weighted by Gasteiger charge is 2.24. The second kappa shape index (κ2) is 7.99. The van der Waals surface area contributed by atoms with Crippen molar-refractivity contribution < 1.29 is 23.5 Å². The van der Waals surface area contributed by atoms with Crippen molar-refractivity contribution >= 4 is 11.7 Å². The number of hydrogen-bond donors (Lipinski definition) is 1. The molecule has 0 radical (unpaired) electrons. The summed E-state index contributed by atoms with van der Waals surface area (Å²) >= 11 is 0. The Kier molecular flexibility index (Phi) is 5.23. The van der Waals surface area contributed by atoms with Gasteiger partial charge in [-0.25, -0.2) is 4.39 Å². The minimum absolute atomic E-state index is 0.0367. The van der Waals surface area contributed by atoms with Crippen LogP contribution >= 0.6 is 0 Å². The number of halogens is 1. The summed E-state index contributed by atoms with van der Waals surface area (Å²) < 4.78 is 25.9. The van der Waals surface area contributed by atoms with Crippen LogP contribution in [-0.4, -0.2) is 18.3 Å². The number of Topliss-reactive ketones (excluding diaryl/α,β-unsaturated/α-hetero) is 1. The lowest BCUT2D eigenvalue weighted by atomic mass is 9.98. The zero-order valence-electron chi connectivity index (χ0n) is 16.4. The Hall–Kier alpha value is -3.67. The smallest absolute Gasteiger partial charge is 0.248 e. The maximum absolute atomic E-state index is 13.9. The highest BCUT2D eigenvalue weighted by molar-refractivity contribution is 6.00. The van der Waals surface area contributed by atoms with Gasteiger partial charge < -0.3 is 15.2 Å². The number of hydrogen-bond acceptors (Lipinski definition) is 4. The first-order valence-electron chi connectivity index (χ1n) is 9.55. The molecule has 1 atom stereocenters. The van der Waals surface area contributed by atoms with E-state index in [1.54, 1.807) is 48.5 Å². The predicted molar refractivity (Wildman–Crippen MR) is 109 cm³/mol. The van der Waals surface area contributed by atoms with Crippen LogP contribution in [0.25, 0.3) is 0 Å². The molecule has 30 heavy (non-hydrogen) atoms. The normalized spacial score (nSPS) is 13.9. The molecule has 0 fully saturated rings. The van der Waals surface area contributed by atoms with E-state index < -0.39 is 12.0 Å². The second-order valence-electron chi connectivity index (χ2n) is 7.13. The number of ether oxygens (including phenoxy) is 2. The van der Waals surface area contributed by atoms with Crippen molar-refractivity contribution in [3.05, 3.63) is 94.3 Å². The van der Waals surface area contributed by atoms with E-state index in [1.807, 2.05) is 6.92 Å². The maximum Gasteiger partial charge on any atom is 0.248 e. The average molecular weight is 405 g/mol. The first-order valence-corrected chi connectivity index (χ1v) is 9.55. The van der Waals surface area contributed by atoms with Crippen molar-refractivity contribution in [3.63, 3.8) is 0 Å². The minimum atomic E-state index is -0.640. The van der Waals surface area contributed by atoms with Crippen molar-refractivity contribution in [1.82, 2.24) is 0 Å². The molecule has 0 aliphatic carbocycles. The third-order valence-electron chi connectivity index (χ3n) is 5.13. The van der Waals surface area contributed by atoms with E-state index >= 15 is 0 Å². The zero-order valence-corrected chi connectivity index (χ0v) is 16.4. The first-order chi connectivity index (χ1) is 14.4. The van der Waals surface area contributed by atoms with Crippen LogP contribution in [0.5, 0.6) is 11.5 Å². The molecular weight excluding hydrogens is 385 g/mol. The van der Waals surface area contributed by atoms with Crippen LogP contribution in [0.15, 0.2) is 60.7 Å². The average Bonchev–Trinajstić information content (AvgIpc) is 2.74. The van der Waals surface area contributed by atoms with Crippen LogP contribution < -0.4 is 15.2 Å². The van der Waals surface area contributed by atoms with Gasteiger partial charge in [-0.2, -0.15) is 0 Å². The fourth-order valence-electron chi connectivity index (χ4n) is 3.53. The van der Waals surface area contributed by atoms with Gasteiger partial charge in [-0.3, -0.25) is 9.59 Å². The lowest BCUT2D eigenvalue weighted by molar-refractivity contribution is 0.0931. The number of benzene rings is 3. The van der Waals surface area contributed by atoms with Crippen LogP contribution in [-0.2, 0) is 0 Å². The molecular formula is C24H20FNO4. The molecule has 0 saturated heterocycles. The van der Waals surface area contributed by atoms with E-state index in [1.165, 1.54) is 12.1 Å². The van der Waals surface area contributed by atoms with Gasteiger partial charge in [0.1, 0.15) is 23.4 Å². The summed E-state index contributed by atoms with van der Waals surface area (Å²) in [6.07, 6.45) is -0.288. The Labute approximate surface area is 173 Å². The standard InChI is InChI=1S/C24H20FNO4/c1-14-21(10-9-19-20(27)11-12-29-22(14)19)30-23(17-3-2-4-18(25)13-17)15-5-7-16(8-6-15)24(26)28/h2-10,13,23H,11-12H2,1H3,(H2,26,28)/t23-/m1/s1. The summed E-state index contributed by atoms with van der Waals surface area (Å²) in [5, 5.41) is 0. The largest absolute Gasteiger partial charge is 0.492 e. The van der Waals surface area contributed by atoms with E-state index in [9.17, 15) is 14.0 Å². The number of ketones is 1. The molecule has 2 N–H and O–H groups in total. The Balaban J connectivity index is 1.75. The third kappa shape index (κ3) is 3.76. The first kappa shape index (κ1) is 19.6. The number of carbonyl (C=O) groups excluding carboxylic acids is 2. The van der Waals surface area contributed by atoms with E-state index in [4.69, 9.17) is 15.2 Å². The Morgan fingerprint density at radius 1 is 1.10 bits per heavy atom. The predicted octanol–water partition coefficient (Wildman–Crippen LogP) is 4.37. The fourth-order valence-corrected chi connectivity index (χ4v) is 3.53. The number of carbonyl (C=O) groups is 2. The topological polar surface area (TPSA) is 78.6 Å². The summed E-state index contributed by atoms with van der Waals surface area (Å²) in [6, 6.07) is 16.2. The van der Waals surface area contributed by atoms with Crippen molar-refractivity contribution in [2.75, 3.05) is 6.61 Å². The van der Waals surface area contributed by atoms with Crippen molar-refractivity contribution in [2.45, 2.75) is 19.4 Å². The molecule has 4 rings (SSSR count). The molecule has 1 amide bonds. The van der Waals surface area contributed by atoms with Crippen LogP contribution in [0.4, 0.5) is 4.39 Å². The molecule has 152 valence electrons. The van der Waals surface area contributed by atoms with E-state index in [0.717, 1.165) is 5.56 Å². The number of rotatable bonds is 5. The Morgan fingerprint density at radius 2 is 1.87 bits per heavy atom. The van der Waals surface area contributed by atoms with Gasteiger partial charge in [0, 0.05) is 17.5 Å². The molecule has 3 aromatic carbocycles. The van der Waals surface area contributed by atoms with Crippen LogP contribution in [0, 0.1) is 12.7 Å². The Morgan fingerprint density at radius 3 is 2.57 bits per heavy atom. The highest BCUT2D eigenvalue weighted by atomic mass is 19.1. The van der Waals surface area contributed by atoms with E-state index in [2.05, 4.69) is 0 Å². The summed E-state index contributed by atoms with van der Waals surface area (Å²) in [5.41, 5.74) is 8.27. The van der Waals surface area contributed by atoms with Crippen molar-refractivity contribution in [3.8, 4) is 11.5 Å². The third-order valence-corrected chi connectivity index (χ3v) is 5.13. The fraction of sp³-hybridized carbons (Fsp3) is 0.167. The minimum Gasteiger partial charge on any atom is -0.492 e. The van der Waals surface area contributed by atoms with E-state index in [-0.39, 0.29) is 11.6 Å². The molecule has 6 heteroatoms. The summed E-state index contributed by atoms with van der Waals surface area (Å²) in [7, 11) is 0. The van der Waals surface area contributed by atoms with Gasteiger partial charge in [-0.15, -0.1) is 0 Å². The van der Waals surface area contributed by atoms with Gasteiger partial charge in [0.2, 0.25) is 5.91 Å². The lowest BCUT2D eigenvalue weighted by Gasteiger charge is -2.24. The van der Waals surface area contributed by atoms with Gasteiger partial charge in [-0.05, 0) is 54.4 Å². The summed E-state index contributed by atoms with van der Waals surface area (Å²) in [4.78, 5) is 23.5. The molecule has 1 heterocycles. The quantitative estimate of drug-likeness (QED) is 0.684. The number of amides is 1. The Bertz CT molecular complexity index is 1120. The van der Waals surface area contributed by atoms with Gasteiger partial charge in [0.05, 0.1) is 12.2 Å². The van der Waals surface area contributed by atoms with Gasteiger partial charge in [-0.1, -0.05) is 24.3 Å². The van der Waals surface area contributed by atoms with Gasteiger partial charge >= 0.3 is 0 Å². The van der Waals surface area contributed by atoms with Crippen LogP contribution in [0.2, 0.25) is 0 Å². The number of fused-ring (bicyclic) bond motifs is 1. The zero-order chi connectivity index (χ0) is 21.3. The van der Waals surface area contributed by atoms with Crippen LogP contribution in [0.1, 0.15) is 49.9 Å². The molecule has 0 spiro atoms. The van der Waals surface area contributed by atoms with Crippen molar-refractivity contribution in [2.24, 2.45) is 5.73 Å². The molecule has 0 bridgehead atoms. The molecule has 0 saturated carbocycles. The lowest BCUT2D eigenvalue weighted by Crippen LogP contribution is -2.17. The van der Waals surface area contributed by atoms with E-state index in [0.29, 0.717) is 46.8 Å². The second-order valence-corrected chi connectivity index (χ2v) is 7.13. The molecule has 1 aliphatic heterocycles. The maximum atomic E-state index is 13.9. The molecule has 5 nitrogen and oxygen atoms in total. The van der Waals surface area contributed by atoms with Gasteiger partial charge in [0.25, 0.3) is 0 Å².